The lowest BCUT2D eigenvalue weighted by Crippen LogP contribution is -2.35. The maximum absolute atomic E-state index is 9.23. The van der Waals surface area contributed by atoms with Gasteiger partial charge in [-0.05, 0) is 31.5 Å². The highest BCUT2D eigenvalue weighted by molar-refractivity contribution is 5.39. The van der Waals surface area contributed by atoms with Crippen LogP contribution in [0.3, 0.4) is 0 Å². The van der Waals surface area contributed by atoms with Gasteiger partial charge in [0.15, 0.2) is 11.5 Å². The first kappa shape index (κ1) is 13.2. The third kappa shape index (κ3) is 3.15. The van der Waals surface area contributed by atoms with Crippen LogP contribution in [0.2, 0.25) is 0 Å². The minimum atomic E-state index is 0.245. The molecule has 1 aliphatic heterocycles. The maximum Gasteiger partial charge on any atom is 0.161 e. The highest BCUT2D eigenvalue weighted by Crippen LogP contribution is 2.25. The molecule has 2 rings (SSSR count). The lowest BCUT2D eigenvalue weighted by molar-refractivity contribution is 0.138. The van der Waals surface area contributed by atoms with Gasteiger partial charge in [-0.15, -0.1) is 0 Å². The molecule has 1 fully saturated rings. The van der Waals surface area contributed by atoms with E-state index in [0.29, 0.717) is 12.6 Å². The van der Waals surface area contributed by atoms with Crippen LogP contribution in [-0.2, 0) is 0 Å². The van der Waals surface area contributed by atoms with Crippen molar-refractivity contribution in [3.8, 4) is 11.5 Å². The fourth-order valence-corrected chi connectivity index (χ4v) is 2.41. The van der Waals surface area contributed by atoms with Crippen molar-refractivity contribution in [2.75, 3.05) is 33.4 Å². The third-order valence-corrected chi connectivity index (χ3v) is 3.41. The normalized spacial score (nSPS) is 20.0. The van der Waals surface area contributed by atoms with Crippen molar-refractivity contribution in [3.05, 3.63) is 24.3 Å². The SMILES string of the molecule is COc1ccccc1OCCN1CCC[C@@H]1CO. The molecule has 100 valence electrons. The Morgan fingerprint density at radius 3 is 2.83 bits per heavy atom. The molecule has 4 heteroatoms. The molecule has 1 atom stereocenters. The average Bonchev–Trinajstić information content (AvgIpc) is 2.87. The topological polar surface area (TPSA) is 41.9 Å². The lowest BCUT2D eigenvalue weighted by atomic mass is 10.2. The second-order valence-electron chi connectivity index (χ2n) is 4.51. The Labute approximate surface area is 108 Å². The highest BCUT2D eigenvalue weighted by atomic mass is 16.5. The van der Waals surface area contributed by atoms with Crippen molar-refractivity contribution < 1.29 is 14.6 Å². The van der Waals surface area contributed by atoms with E-state index in [4.69, 9.17) is 9.47 Å². The molecule has 0 radical (unpaired) electrons. The highest BCUT2D eigenvalue weighted by Gasteiger charge is 2.23. The number of hydrogen-bond acceptors (Lipinski definition) is 4. The van der Waals surface area contributed by atoms with E-state index in [9.17, 15) is 5.11 Å². The Bertz CT molecular complexity index is 370. The summed E-state index contributed by atoms with van der Waals surface area (Å²) in [5.41, 5.74) is 0. The number of likely N-dealkylation sites (tertiary alicyclic amines) is 1. The quantitative estimate of drug-likeness (QED) is 0.832. The van der Waals surface area contributed by atoms with E-state index in [2.05, 4.69) is 4.90 Å². The summed E-state index contributed by atoms with van der Waals surface area (Å²) >= 11 is 0. The van der Waals surface area contributed by atoms with Crippen LogP contribution in [0, 0.1) is 0 Å². The number of hydrogen-bond donors (Lipinski definition) is 1. The zero-order chi connectivity index (χ0) is 12.8. The van der Waals surface area contributed by atoms with Gasteiger partial charge in [0, 0.05) is 12.6 Å². The first-order valence-corrected chi connectivity index (χ1v) is 6.46. The van der Waals surface area contributed by atoms with Crippen LogP contribution in [0.25, 0.3) is 0 Å². The molecule has 0 aliphatic carbocycles. The van der Waals surface area contributed by atoms with Crippen LogP contribution in [0.15, 0.2) is 24.3 Å². The zero-order valence-corrected chi connectivity index (χ0v) is 10.8. The summed E-state index contributed by atoms with van der Waals surface area (Å²) in [5, 5.41) is 9.23. The van der Waals surface area contributed by atoms with Crippen molar-refractivity contribution in [3.63, 3.8) is 0 Å². The number of nitrogens with zero attached hydrogens (tertiary/aromatic N) is 1. The van der Waals surface area contributed by atoms with Gasteiger partial charge in [-0.25, -0.2) is 0 Å². The van der Waals surface area contributed by atoms with Crippen LogP contribution in [-0.4, -0.2) is 49.5 Å². The molecule has 1 aromatic rings. The Morgan fingerprint density at radius 1 is 1.33 bits per heavy atom. The Kier molecular flexibility index (Phi) is 4.84. The summed E-state index contributed by atoms with van der Waals surface area (Å²) in [4.78, 5) is 2.29. The molecule has 18 heavy (non-hydrogen) atoms. The number of rotatable bonds is 6. The van der Waals surface area contributed by atoms with E-state index >= 15 is 0 Å². The molecule has 1 aliphatic rings. The smallest absolute Gasteiger partial charge is 0.161 e. The molecule has 1 heterocycles. The van der Waals surface area contributed by atoms with Crippen molar-refractivity contribution >= 4 is 0 Å². The largest absolute Gasteiger partial charge is 0.493 e. The Morgan fingerprint density at radius 2 is 2.11 bits per heavy atom. The van der Waals surface area contributed by atoms with E-state index in [1.54, 1.807) is 7.11 Å². The monoisotopic (exact) mass is 251 g/mol. The summed E-state index contributed by atoms with van der Waals surface area (Å²) in [7, 11) is 1.64. The number of benzene rings is 1. The van der Waals surface area contributed by atoms with Crippen LogP contribution in [0.1, 0.15) is 12.8 Å². The minimum absolute atomic E-state index is 0.245. The van der Waals surface area contributed by atoms with Gasteiger partial charge < -0.3 is 14.6 Å². The van der Waals surface area contributed by atoms with Crippen molar-refractivity contribution in [1.82, 2.24) is 4.90 Å². The zero-order valence-electron chi connectivity index (χ0n) is 10.8. The number of methoxy groups -OCH3 is 1. The molecular formula is C14H21NO3. The average molecular weight is 251 g/mol. The van der Waals surface area contributed by atoms with Gasteiger partial charge in [0.1, 0.15) is 6.61 Å². The lowest BCUT2D eigenvalue weighted by Gasteiger charge is -2.22. The standard InChI is InChI=1S/C14H21NO3/c1-17-13-6-2-3-7-14(13)18-10-9-15-8-4-5-12(15)11-16/h2-3,6-7,12,16H,4-5,8-11H2,1H3/t12-/m1/s1. The van der Waals surface area contributed by atoms with Crippen LogP contribution >= 0.6 is 0 Å². The molecule has 4 nitrogen and oxygen atoms in total. The predicted octanol–water partition coefficient (Wildman–Crippen LogP) is 1.53. The van der Waals surface area contributed by atoms with Gasteiger partial charge in [0.05, 0.1) is 13.7 Å². The second kappa shape index (κ2) is 6.61. The van der Waals surface area contributed by atoms with E-state index in [1.807, 2.05) is 24.3 Å². The third-order valence-electron chi connectivity index (χ3n) is 3.41. The molecule has 1 aromatic carbocycles. The van der Waals surface area contributed by atoms with Gasteiger partial charge in [-0.1, -0.05) is 12.1 Å². The van der Waals surface area contributed by atoms with Gasteiger partial charge in [-0.3, -0.25) is 4.90 Å². The van der Waals surface area contributed by atoms with Crippen molar-refractivity contribution in [2.24, 2.45) is 0 Å². The van der Waals surface area contributed by atoms with Gasteiger partial charge in [0.2, 0.25) is 0 Å². The summed E-state index contributed by atoms with van der Waals surface area (Å²) in [6, 6.07) is 7.97. The van der Waals surface area contributed by atoms with Crippen LogP contribution in [0.4, 0.5) is 0 Å². The van der Waals surface area contributed by atoms with E-state index in [-0.39, 0.29) is 6.61 Å². The van der Waals surface area contributed by atoms with Crippen molar-refractivity contribution in [2.45, 2.75) is 18.9 Å². The second-order valence-corrected chi connectivity index (χ2v) is 4.51. The van der Waals surface area contributed by atoms with E-state index in [1.165, 1.54) is 6.42 Å². The fraction of sp³-hybridized carbons (Fsp3) is 0.571. The number of ether oxygens (including phenoxy) is 2. The van der Waals surface area contributed by atoms with E-state index in [0.717, 1.165) is 31.0 Å². The molecule has 0 saturated carbocycles. The van der Waals surface area contributed by atoms with Crippen molar-refractivity contribution in [1.29, 1.82) is 0 Å². The van der Waals surface area contributed by atoms with Gasteiger partial charge in [-0.2, -0.15) is 0 Å². The molecular weight excluding hydrogens is 230 g/mol. The molecule has 0 amide bonds. The Hall–Kier alpha value is -1.26. The molecule has 0 unspecified atom stereocenters. The number of aliphatic hydroxyl groups is 1. The van der Waals surface area contributed by atoms with Crippen LogP contribution < -0.4 is 9.47 Å². The molecule has 0 spiro atoms. The number of para-hydroxylation sites is 2. The molecule has 1 N–H and O–H groups in total. The first-order chi connectivity index (χ1) is 8.85. The first-order valence-electron chi connectivity index (χ1n) is 6.46. The number of aliphatic hydroxyl groups excluding tert-OH is 1. The summed E-state index contributed by atoms with van der Waals surface area (Å²) < 4.78 is 11.0. The van der Waals surface area contributed by atoms with Crippen LogP contribution in [0.5, 0.6) is 11.5 Å². The summed E-state index contributed by atoms with van der Waals surface area (Å²) in [6.07, 6.45) is 2.26. The molecule has 0 bridgehead atoms. The molecule has 1 saturated heterocycles. The van der Waals surface area contributed by atoms with Gasteiger partial charge >= 0.3 is 0 Å². The summed E-state index contributed by atoms with van der Waals surface area (Å²) in [6.45, 7) is 2.77. The maximum atomic E-state index is 9.23. The summed E-state index contributed by atoms with van der Waals surface area (Å²) in [5.74, 6) is 1.54. The Balaban J connectivity index is 1.81. The fourth-order valence-electron chi connectivity index (χ4n) is 2.41. The minimum Gasteiger partial charge on any atom is -0.493 e. The van der Waals surface area contributed by atoms with Gasteiger partial charge in [0.25, 0.3) is 0 Å². The molecule has 0 aromatic heterocycles. The predicted molar refractivity (Wildman–Crippen MR) is 70.2 cm³/mol. The van der Waals surface area contributed by atoms with E-state index < -0.39 is 0 Å².